The number of carbonyl (C=O) groups excluding carboxylic acids is 1. The molecule has 0 aliphatic heterocycles. The fraction of sp³-hybridized carbons (Fsp3) is 0.200. The molecule has 3 rings (SSSR count). The van der Waals surface area contributed by atoms with Gasteiger partial charge in [-0.25, -0.2) is 9.37 Å². The number of hydrogen-bond donors (Lipinski definition) is 1. The van der Waals surface area contributed by atoms with Gasteiger partial charge in [-0.1, -0.05) is 29.8 Å². The molecule has 3 aromatic rings. The van der Waals surface area contributed by atoms with Gasteiger partial charge in [-0.2, -0.15) is 0 Å². The molecule has 7 heteroatoms. The van der Waals surface area contributed by atoms with Crippen LogP contribution in [-0.2, 0) is 11.8 Å². The standard InChI is InChI=1S/C20H19ClFN3O2/c1-13-11-14(21)7-8-17(13)27-12-18(26)24-19(20-23-9-10-25(20)2)15-5-3-4-6-16(15)22/h3-11,19H,12H2,1-2H3,(H,24,26). The van der Waals surface area contributed by atoms with Crippen molar-refractivity contribution in [3.63, 3.8) is 0 Å². The summed E-state index contributed by atoms with van der Waals surface area (Å²) in [7, 11) is 1.79. The van der Waals surface area contributed by atoms with Crippen LogP contribution in [-0.4, -0.2) is 22.1 Å². The topological polar surface area (TPSA) is 56.1 Å². The summed E-state index contributed by atoms with van der Waals surface area (Å²) in [6.45, 7) is 1.63. The maximum Gasteiger partial charge on any atom is 0.258 e. The van der Waals surface area contributed by atoms with E-state index in [-0.39, 0.29) is 12.5 Å². The largest absolute Gasteiger partial charge is 0.484 e. The molecular weight excluding hydrogens is 369 g/mol. The van der Waals surface area contributed by atoms with Gasteiger partial charge >= 0.3 is 0 Å². The highest BCUT2D eigenvalue weighted by Gasteiger charge is 2.23. The molecule has 5 nitrogen and oxygen atoms in total. The van der Waals surface area contributed by atoms with Crippen LogP contribution in [0.5, 0.6) is 5.75 Å². The number of nitrogens with one attached hydrogen (secondary N) is 1. The summed E-state index contributed by atoms with van der Waals surface area (Å²) >= 11 is 5.92. The third-order valence-corrected chi connectivity index (χ3v) is 4.37. The molecule has 0 aliphatic carbocycles. The number of nitrogens with zero attached hydrogens (tertiary/aromatic N) is 2. The maximum absolute atomic E-state index is 14.3. The summed E-state index contributed by atoms with van der Waals surface area (Å²) in [5.74, 6) is 0.283. The van der Waals surface area contributed by atoms with Crippen LogP contribution < -0.4 is 10.1 Å². The Morgan fingerprint density at radius 1 is 1.33 bits per heavy atom. The van der Waals surface area contributed by atoms with E-state index in [1.807, 2.05) is 6.92 Å². The minimum absolute atomic E-state index is 0.210. The molecule has 2 aromatic carbocycles. The second kappa shape index (κ2) is 8.22. The zero-order valence-electron chi connectivity index (χ0n) is 14.9. The molecule has 27 heavy (non-hydrogen) atoms. The van der Waals surface area contributed by atoms with E-state index in [2.05, 4.69) is 10.3 Å². The molecule has 1 amide bonds. The SMILES string of the molecule is Cc1cc(Cl)ccc1OCC(=O)NC(c1ccccc1F)c1nccn1C. The summed E-state index contributed by atoms with van der Waals surface area (Å²) in [6, 6.07) is 10.7. The normalized spacial score (nSPS) is 11.9. The van der Waals surface area contributed by atoms with Gasteiger partial charge in [0.25, 0.3) is 5.91 Å². The quantitative estimate of drug-likeness (QED) is 0.699. The highest BCUT2D eigenvalue weighted by Crippen LogP contribution is 2.24. The van der Waals surface area contributed by atoms with Crippen LogP contribution in [0.2, 0.25) is 5.02 Å². The van der Waals surface area contributed by atoms with Gasteiger partial charge in [-0.3, -0.25) is 4.79 Å². The van der Waals surface area contributed by atoms with Crippen LogP contribution in [0.25, 0.3) is 0 Å². The summed E-state index contributed by atoms with van der Waals surface area (Å²) in [6.07, 6.45) is 3.34. The van der Waals surface area contributed by atoms with Crippen molar-refractivity contribution in [1.82, 2.24) is 14.9 Å². The number of halogens is 2. The zero-order chi connectivity index (χ0) is 19.4. The first-order valence-electron chi connectivity index (χ1n) is 8.35. The molecule has 1 heterocycles. The number of amides is 1. The highest BCUT2D eigenvalue weighted by molar-refractivity contribution is 6.30. The number of carbonyl (C=O) groups is 1. The van der Waals surface area contributed by atoms with Crippen molar-refractivity contribution >= 4 is 17.5 Å². The van der Waals surface area contributed by atoms with E-state index in [9.17, 15) is 9.18 Å². The van der Waals surface area contributed by atoms with Gasteiger partial charge in [0.05, 0.1) is 0 Å². The number of imidazole rings is 1. The van der Waals surface area contributed by atoms with Crippen molar-refractivity contribution in [2.24, 2.45) is 7.05 Å². The fourth-order valence-electron chi connectivity index (χ4n) is 2.77. The first-order chi connectivity index (χ1) is 13.0. The van der Waals surface area contributed by atoms with Crippen LogP contribution >= 0.6 is 11.6 Å². The van der Waals surface area contributed by atoms with Gasteiger partial charge < -0.3 is 14.6 Å². The Balaban J connectivity index is 1.77. The zero-order valence-corrected chi connectivity index (χ0v) is 15.7. The van der Waals surface area contributed by atoms with E-state index >= 15 is 0 Å². The number of rotatable bonds is 6. The van der Waals surface area contributed by atoms with Crippen LogP contribution in [0.15, 0.2) is 54.9 Å². The summed E-state index contributed by atoms with van der Waals surface area (Å²) in [4.78, 5) is 16.7. The molecule has 1 aromatic heterocycles. The molecule has 0 radical (unpaired) electrons. The second-order valence-electron chi connectivity index (χ2n) is 6.12. The van der Waals surface area contributed by atoms with Gasteiger partial charge in [0.2, 0.25) is 0 Å². The minimum atomic E-state index is -0.728. The lowest BCUT2D eigenvalue weighted by molar-refractivity contribution is -0.123. The Kier molecular flexibility index (Phi) is 5.76. The highest BCUT2D eigenvalue weighted by atomic mass is 35.5. The Bertz CT molecular complexity index is 958. The van der Waals surface area contributed by atoms with Crippen molar-refractivity contribution in [1.29, 1.82) is 0 Å². The van der Waals surface area contributed by atoms with Crippen LogP contribution in [0.3, 0.4) is 0 Å². The average molecular weight is 388 g/mol. The van der Waals surface area contributed by atoms with Crippen LogP contribution in [0, 0.1) is 12.7 Å². The average Bonchev–Trinajstić information content (AvgIpc) is 3.05. The lowest BCUT2D eigenvalue weighted by Crippen LogP contribution is -2.35. The first-order valence-corrected chi connectivity index (χ1v) is 8.73. The summed E-state index contributed by atoms with van der Waals surface area (Å²) in [5, 5.41) is 3.40. The Labute approximate surface area is 161 Å². The van der Waals surface area contributed by atoms with Gasteiger partial charge in [-0.15, -0.1) is 0 Å². The Hall–Kier alpha value is -2.86. The van der Waals surface area contributed by atoms with E-state index in [0.717, 1.165) is 5.56 Å². The molecule has 140 valence electrons. The summed E-state index contributed by atoms with van der Waals surface area (Å²) in [5.41, 5.74) is 1.16. The number of benzene rings is 2. The van der Waals surface area contributed by atoms with Crippen molar-refractivity contribution in [2.75, 3.05) is 6.61 Å². The van der Waals surface area contributed by atoms with E-state index in [1.54, 1.807) is 60.4 Å². The molecular formula is C20H19ClFN3O2. The molecule has 0 fully saturated rings. The molecule has 0 spiro atoms. The number of aryl methyl sites for hydroxylation is 2. The minimum Gasteiger partial charge on any atom is -0.484 e. The van der Waals surface area contributed by atoms with E-state index < -0.39 is 11.9 Å². The first kappa shape index (κ1) is 18.9. The lowest BCUT2D eigenvalue weighted by atomic mass is 10.1. The molecule has 1 atom stereocenters. The molecule has 0 bridgehead atoms. The molecule has 0 aliphatic rings. The number of aromatic nitrogens is 2. The third kappa shape index (κ3) is 4.46. The van der Waals surface area contributed by atoms with Gasteiger partial charge in [0, 0.05) is 30.0 Å². The maximum atomic E-state index is 14.3. The molecule has 1 N–H and O–H groups in total. The van der Waals surface area contributed by atoms with Crippen LogP contribution in [0.4, 0.5) is 4.39 Å². The predicted octanol–water partition coefficient (Wildman–Crippen LogP) is 3.81. The third-order valence-electron chi connectivity index (χ3n) is 4.13. The Morgan fingerprint density at radius 3 is 2.78 bits per heavy atom. The van der Waals surface area contributed by atoms with Gasteiger partial charge in [0.1, 0.15) is 23.4 Å². The van der Waals surface area contributed by atoms with E-state index in [4.69, 9.17) is 16.3 Å². The fourth-order valence-corrected chi connectivity index (χ4v) is 2.99. The number of ether oxygens (including phenoxy) is 1. The second-order valence-corrected chi connectivity index (χ2v) is 6.55. The van der Waals surface area contributed by atoms with Crippen molar-refractivity contribution in [2.45, 2.75) is 13.0 Å². The lowest BCUT2D eigenvalue weighted by Gasteiger charge is -2.20. The van der Waals surface area contributed by atoms with Crippen molar-refractivity contribution in [3.8, 4) is 5.75 Å². The number of hydrogen-bond acceptors (Lipinski definition) is 3. The van der Waals surface area contributed by atoms with E-state index in [1.165, 1.54) is 6.07 Å². The van der Waals surface area contributed by atoms with Crippen molar-refractivity contribution in [3.05, 3.63) is 82.6 Å². The molecule has 1 unspecified atom stereocenters. The predicted molar refractivity (Wildman–Crippen MR) is 101 cm³/mol. The van der Waals surface area contributed by atoms with Crippen molar-refractivity contribution < 1.29 is 13.9 Å². The smallest absolute Gasteiger partial charge is 0.258 e. The van der Waals surface area contributed by atoms with E-state index in [0.29, 0.717) is 22.2 Å². The Morgan fingerprint density at radius 2 is 2.11 bits per heavy atom. The van der Waals surface area contributed by atoms with Gasteiger partial charge in [-0.05, 0) is 36.8 Å². The molecule has 0 saturated carbocycles. The van der Waals surface area contributed by atoms with Gasteiger partial charge in [0.15, 0.2) is 6.61 Å². The van der Waals surface area contributed by atoms with Crippen LogP contribution in [0.1, 0.15) is 23.0 Å². The summed E-state index contributed by atoms with van der Waals surface area (Å²) < 4.78 is 21.6. The monoisotopic (exact) mass is 387 g/mol. The molecule has 0 saturated heterocycles.